The third-order valence-electron chi connectivity index (χ3n) is 6.78. The smallest absolute Gasteiger partial charge is 0.351 e. The highest BCUT2D eigenvalue weighted by atomic mass is 35.5. The molecule has 6 rings (SSSR count). The molecule has 0 atom stereocenters. The summed E-state index contributed by atoms with van der Waals surface area (Å²) in [6.07, 6.45) is -1.50. The van der Waals surface area contributed by atoms with E-state index in [2.05, 4.69) is 41.1 Å². The molecule has 3 aromatic heterocycles. The molecule has 0 saturated heterocycles. The number of rotatable bonds is 6. The van der Waals surface area contributed by atoms with Crippen molar-refractivity contribution in [1.29, 1.82) is 0 Å². The third kappa shape index (κ3) is 6.68. The van der Waals surface area contributed by atoms with E-state index in [4.69, 9.17) is 23.8 Å². The topological polar surface area (TPSA) is 104 Å². The van der Waals surface area contributed by atoms with Crippen LogP contribution in [0.3, 0.4) is 0 Å². The molecule has 9 nitrogen and oxygen atoms in total. The molecule has 3 N–H and O–H groups in total. The molecule has 222 valence electrons. The van der Waals surface area contributed by atoms with Crippen molar-refractivity contribution in [2.45, 2.75) is 19.1 Å². The van der Waals surface area contributed by atoms with Gasteiger partial charge in [0, 0.05) is 43.0 Å². The number of fused-ring (bicyclic) bond motifs is 1. The van der Waals surface area contributed by atoms with Crippen molar-refractivity contribution in [2.24, 2.45) is 0 Å². The summed E-state index contributed by atoms with van der Waals surface area (Å²) >= 11 is 11.7. The molecule has 0 amide bonds. The highest BCUT2D eigenvalue weighted by Gasteiger charge is 2.32. The second kappa shape index (κ2) is 12.4. The second-order valence-electron chi connectivity index (χ2n) is 9.78. The molecular formula is C30H23ClF3N9S. The van der Waals surface area contributed by atoms with Crippen molar-refractivity contribution in [3.8, 4) is 11.3 Å². The first-order valence-corrected chi connectivity index (χ1v) is 14.2. The maximum atomic E-state index is 13.0. The summed E-state index contributed by atoms with van der Waals surface area (Å²) < 4.78 is 39.1. The predicted octanol–water partition coefficient (Wildman–Crippen LogP) is 7.12. The number of alkyl halides is 3. The average Bonchev–Trinajstić information content (AvgIpc) is 3.02. The lowest BCUT2D eigenvalue weighted by Gasteiger charge is -2.30. The molecule has 0 saturated carbocycles. The monoisotopic (exact) mass is 633 g/mol. The maximum absolute atomic E-state index is 13.0. The highest BCUT2D eigenvalue weighted by molar-refractivity contribution is 7.80. The lowest BCUT2D eigenvalue weighted by Crippen LogP contribution is -2.32. The molecule has 14 heteroatoms. The van der Waals surface area contributed by atoms with Crippen LogP contribution in [0.4, 0.5) is 42.1 Å². The van der Waals surface area contributed by atoms with E-state index in [1.54, 1.807) is 12.3 Å². The Labute approximate surface area is 260 Å². The van der Waals surface area contributed by atoms with E-state index in [0.29, 0.717) is 47.8 Å². The fourth-order valence-corrected chi connectivity index (χ4v) is 5.13. The van der Waals surface area contributed by atoms with Gasteiger partial charge in [-0.05, 0) is 42.5 Å². The number of halogens is 4. The number of nitrogens with zero attached hydrogens (tertiary/aromatic N) is 6. The molecule has 5 aromatic rings. The van der Waals surface area contributed by atoms with Crippen LogP contribution in [0.25, 0.3) is 11.3 Å². The first-order chi connectivity index (χ1) is 21.2. The van der Waals surface area contributed by atoms with Crippen LogP contribution in [-0.4, -0.2) is 36.8 Å². The molecular weight excluding hydrogens is 611 g/mol. The largest absolute Gasteiger partial charge is 0.417 e. The predicted molar refractivity (Wildman–Crippen MR) is 168 cm³/mol. The van der Waals surface area contributed by atoms with Crippen molar-refractivity contribution < 1.29 is 13.2 Å². The number of hydrogen-bond donors (Lipinski definition) is 3. The minimum atomic E-state index is -4.51. The van der Waals surface area contributed by atoms with Gasteiger partial charge in [0.25, 0.3) is 0 Å². The van der Waals surface area contributed by atoms with Gasteiger partial charge in [-0.2, -0.15) is 13.2 Å². The summed E-state index contributed by atoms with van der Waals surface area (Å²) in [6.45, 7) is 0.843. The normalized spacial score (nSPS) is 12.8. The summed E-state index contributed by atoms with van der Waals surface area (Å²) in [5.74, 6) is 1.17. The minimum Gasteiger partial charge on any atom is -0.351 e. The van der Waals surface area contributed by atoms with Crippen molar-refractivity contribution in [3.63, 3.8) is 0 Å². The molecule has 0 unspecified atom stereocenters. The summed E-state index contributed by atoms with van der Waals surface area (Å²) in [5, 5.41) is 18.2. The molecule has 0 fully saturated rings. The van der Waals surface area contributed by atoms with Crippen LogP contribution in [0.1, 0.15) is 16.8 Å². The maximum Gasteiger partial charge on any atom is 0.417 e. The van der Waals surface area contributed by atoms with E-state index < -0.39 is 11.7 Å². The van der Waals surface area contributed by atoms with Gasteiger partial charge in [-0.15, -0.1) is 10.2 Å². The van der Waals surface area contributed by atoms with Gasteiger partial charge in [-0.25, -0.2) is 15.0 Å². The molecule has 44 heavy (non-hydrogen) atoms. The van der Waals surface area contributed by atoms with Gasteiger partial charge in [0.2, 0.25) is 5.95 Å². The number of benzene rings is 2. The molecule has 1 aliphatic rings. The average molecular weight is 634 g/mol. The second-order valence-corrected chi connectivity index (χ2v) is 10.6. The van der Waals surface area contributed by atoms with Gasteiger partial charge >= 0.3 is 6.18 Å². The van der Waals surface area contributed by atoms with Gasteiger partial charge in [0.15, 0.2) is 10.9 Å². The zero-order valence-electron chi connectivity index (χ0n) is 22.8. The Morgan fingerprint density at radius 3 is 2.39 bits per heavy atom. The molecule has 0 spiro atoms. The number of thiocarbonyl (C=S) groups is 1. The summed E-state index contributed by atoms with van der Waals surface area (Å²) in [7, 11) is 0. The van der Waals surface area contributed by atoms with Gasteiger partial charge in [-0.1, -0.05) is 54.1 Å². The SMILES string of the molecule is FC(F)(F)c1cnc(N2CCc3nc(Nc4ccccc4NC(=S)Nc4ccc(-c5ccccc5)nn4)ncc3C2)c(Cl)c1. The first kappa shape index (κ1) is 29.2. The van der Waals surface area contributed by atoms with E-state index in [-0.39, 0.29) is 10.8 Å². The Hall–Kier alpha value is -4.88. The van der Waals surface area contributed by atoms with Crippen molar-refractivity contribution in [1.82, 2.24) is 25.1 Å². The Morgan fingerprint density at radius 1 is 0.886 bits per heavy atom. The molecule has 1 aliphatic heterocycles. The number of pyridine rings is 1. The van der Waals surface area contributed by atoms with Gasteiger partial charge in [0.1, 0.15) is 5.82 Å². The highest BCUT2D eigenvalue weighted by Crippen LogP contribution is 2.35. The van der Waals surface area contributed by atoms with E-state index >= 15 is 0 Å². The van der Waals surface area contributed by atoms with Crippen LogP contribution in [0, 0.1) is 0 Å². The zero-order chi connectivity index (χ0) is 30.7. The zero-order valence-corrected chi connectivity index (χ0v) is 24.4. The number of nitrogens with one attached hydrogen (secondary N) is 3. The van der Waals surface area contributed by atoms with Crippen molar-refractivity contribution in [2.75, 3.05) is 27.4 Å². The lowest BCUT2D eigenvalue weighted by atomic mass is 10.1. The lowest BCUT2D eigenvalue weighted by molar-refractivity contribution is -0.137. The standard InChI is InChI=1S/C30H23ClF3N9S/c31-21-14-20(30(32,33)34)16-35-27(21)43-13-12-22-19(17-43)15-36-28(37-22)38-24-8-4-5-9-25(24)39-29(44)40-26-11-10-23(41-42-26)18-6-2-1-3-7-18/h1-11,14-16H,12-13,17H2,(H,36,37,38)(H2,39,40,42,44). The van der Waals surface area contributed by atoms with E-state index in [0.717, 1.165) is 34.8 Å². The Bertz CT molecular complexity index is 1800. The number of para-hydroxylation sites is 2. The van der Waals surface area contributed by atoms with Crippen molar-refractivity contribution in [3.05, 3.63) is 107 Å². The van der Waals surface area contributed by atoms with Crippen LogP contribution in [0.2, 0.25) is 5.02 Å². The van der Waals surface area contributed by atoms with Crippen LogP contribution in [0.5, 0.6) is 0 Å². The van der Waals surface area contributed by atoms with Gasteiger partial charge in [0.05, 0.1) is 33.3 Å². The molecule has 4 heterocycles. The van der Waals surface area contributed by atoms with Gasteiger partial charge in [-0.3, -0.25) is 0 Å². The Kier molecular flexibility index (Phi) is 8.22. The van der Waals surface area contributed by atoms with E-state index in [9.17, 15) is 13.2 Å². The Morgan fingerprint density at radius 2 is 1.66 bits per heavy atom. The third-order valence-corrected chi connectivity index (χ3v) is 7.26. The van der Waals surface area contributed by atoms with Crippen LogP contribution in [0.15, 0.2) is 85.2 Å². The molecule has 0 radical (unpaired) electrons. The first-order valence-electron chi connectivity index (χ1n) is 13.4. The Balaban J connectivity index is 1.10. The molecule has 2 aromatic carbocycles. The van der Waals surface area contributed by atoms with E-state index in [1.807, 2.05) is 65.6 Å². The van der Waals surface area contributed by atoms with Crippen molar-refractivity contribution >= 4 is 57.9 Å². The summed E-state index contributed by atoms with van der Waals surface area (Å²) in [6, 6.07) is 21.8. The summed E-state index contributed by atoms with van der Waals surface area (Å²) in [4.78, 5) is 14.9. The molecule has 0 bridgehead atoms. The summed E-state index contributed by atoms with van der Waals surface area (Å²) in [5.41, 5.74) is 3.87. The fourth-order valence-electron chi connectivity index (χ4n) is 4.63. The fraction of sp³-hybridized carbons (Fsp3) is 0.133. The van der Waals surface area contributed by atoms with E-state index in [1.165, 1.54) is 0 Å². The van der Waals surface area contributed by atoms with Crippen LogP contribution in [-0.2, 0) is 19.1 Å². The van der Waals surface area contributed by atoms with Crippen LogP contribution < -0.4 is 20.9 Å². The van der Waals surface area contributed by atoms with Gasteiger partial charge < -0.3 is 20.9 Å². The van der Waals surface area contributed by atoms with Crippen LogP contribution >= 0.6 is 23.8 Å². The molecule has 0 aliphatic carbocycles. The quantitative estimate of drug-likeness (QED) is 0.168. The number of anilines is 5. The number of aromatic nitrogens is 5. The number of hydrogen-bond acceptors (Lipinski definition) is 8. The minimum absolute atomic E-state index is 0.0600.